The van der Waals surface area contributed by atoms with Crippen LogP contribution in [-0.2, 0) is 17.8 Å². The molecule has 1 fully saturated rings. The summed E-state index contributed by atoms with van der Waals surface area (Å²) in [5.41, 5.74) is 8.41. The Kier molecular flexibility index (Phi) is 6.68. The number of nitrogens with one attached hydrogen (secondary N) is 1. The molecule has 6 heteroatoms. The van der Waals surface area contributed by atoms with Crippen LogP contribution in [0.25, 0.3) is 0 Å². The van der Waals surface area contributed by atoms with Crippen LogP contribution < -0.4 is 11.1 Å². The molecule has 1 aromatic rings. The van der Waals surface area contributed by atoms with Gasteiger partial charge in [0, 0.05) is 19.6 Å². The van der Waals surface area contributed by atoms with Crippen molar-refractivity contribution in [1.29, 1.82) is 0 Å². The van der Waals surface area contributed by atoms with E-state index < -0.39 is 0 Å². The van der Waals surface area contributed by atoms with E-state index in [2.05, 4.69) is 28.5 Å². The molecule has 0 spiro atoms. The topological polar surface area (TPSA) is 70.7 Å². The molecule has 23 heavy (non-hydrogen) atoms. The third-order valence-corrected chi connectivity index (χ3v) is 4.66. The molecule has 1 aromatic carbocycles. The summed E-state index contributed by atoms with van der Waals surface area (Å²) in [7, 11) is 0. The Morgan fingerprint density at radius 2 is 2.04 bits per heavy atom. The van der Waals surface area contributed by atoms with Gasteiger partial charge in [-0.05, 0) is 36.3 Å². The Morgan fingerprint density at radius 1 is 1.30 bits per heavy atom. The molecule has 5 nitrogen and oxygen atoms in total. The number of guanidine groups is 1. The largest absolute Gasteiger partial charge is 0.370 e. The number of hydrogen-bond donors (Lipinski definition) is 2. The van der Waals surface area contributed by atoms with E-state index in [1.54, 1.807) is 0 Å². The highest BCUT2D eigenvalue weighted by Crippen LogP contribution is 2.25. The predicted octanol–water partition coefficient (Wildman–Crippen LogP) is 1.89. The molecule has 1 saturated carbocycles. The predicted molar refractivity (Wildman–Crippen MR) is 103 cm³/mol. The Balaban J connectivity index is 0.00000192. The third kappa shape index (κ3) is 4.83. The highest BCUT2D eigenvalue weighted by molar-refractivity contribution is 14.0. The van der Waals surface area contributed by atoms with E-state index in [1.807, 2.05) is 11.0 Å². The van der Waals surface area contributed by atoms with Crippen molar-refractivity contribution in [1.82, 2.24) is 10.2 Å². The molecule has 1 aliphatic carbocycles. The molecular formula is C17H25IN4O. The molecule has 0 saturated heterocycles. The van der Waals surface area contributed by atoms with Crippen LogP contribution >= 0.6 is 24.0 Å². The lowest BCUT2D eigenvalue weighted by atomic mass is 9.85. The summed E-state index contributed by atoms with van der Waals surface area (Å²) in [6, 6.07) is 8.30. The average Bonchev–Trinajstić information content (AvgIpc) is 2.50. The Bertz CT molecular complexity index is 571. The molecule has 0 atom stereocenters. The van der Waals surface area contributed by atoms with Crippen molar-refractivity contribution in [3.8, 4) is 0 Å². The smallest absolute Gasteiger partial charge is 0.244 e. The molecular weight excluding hydrogens is 403 g/mol. The number of benzene rings is 1. The van der Waals surface area contributed by atoms with Gasteiger partial charge < -0.3 is 16.0 Å². The normalized spacial score (nSPS) is 17.7. The van der Waals surface area contributed by atoms with Gasteiger partial charge in [-0.15, -0.1) is 24.0 Å². The second kappa shape index (κ2) is 8.52. The Hall–Kier alpha value is -1.31. The van der Waals surface area contributed by atoms with E-state index in [9.17, 15) is 4.79 Å². The first-order valence-electron chi connectivity index (χ1n) is 8.11. The summed E-state index contributed by atoms with van der Waals surface area (Å²) >= 11 is 0. The molecule has 3 N–H and O–H groups in total. The van der Waals surface area contributed by atoms with Gasteiger partial charge in [-0.25, -0.2) is 4.99 Å². The number of hydrogen-bond acceptors (Lipinski definition) is 2. The lowest BCUT2D eigenvalue weighted by molar-refractivity contribution is -0.130. The van der Waals surface area contributed by atoms with Crippen molar-refractivity contribution in [2.24, 2.45) is 16.6 Å². The van der Waals surface area contributed by atoms with Gasteiger partial charge >= 0.3 is 0 Å². The van der Waals surface area contributed by atoms with Crippen LogP contribution in [0.15, 0.2) is 29.3 Å². The van der Waals surface area contributed by atoms with E-state index in [0.29, 0.717) is 12.5 Å². The molecule has 0 radical (unpaired) electrons. The summed E-state index contributed by atoms with van der Waals surface area (Å²) in [5.74, 6) is 1.16. The minimum absolute atomic E-state index is 0. The summed E-state index contributed by atoms with van der Waals surface area (Å²) in [4.78, 5) is 18.3. The molecule has 0 bridgehead atoms. The van der Waals surface area contributed by atoms with Crippen LogP contribution in [0, 0.1) is 5.92 Å². The van der Waals surface area contributed by atoms with Crippen molar-refractivity contribution in [2.75, 3.05) is 19.6 Å². The fourth-order valence-corrected chi connectivity index (χ4v) is 2.96. The third-order valence-electron chi connectivity index (χ3n) is 4.66. The van der Waals surface area contributed by atoms with E-state index in [-0.39, 0.29) is 36.4 Å². The van der Waals surface area contributed by atoms with E-state index in [4.69, 9.17) is 5.73 Å². The van der Waals surface area contributed by atoms with Crippen molar-refractivity contribution in [3.05, 3.63) is 35.4 Å². The summed E-state index contributed by atoms with van der Waals surface area (Å²) in [6.45, 7) is 2.45. The first kappa shape index (κ1) is 18.0. The van der Waals surface area contributed by atoms with E-state index in [1.165, 1.54) is 30.4 Å². The molecule has 0 aromatic heterocycles. The van der Waals surface area contributed by atoms with Gasteiger partial charge in [0.15, 0.2) is 5.96 Å². The van der Waals surface area contributed by atoms with Gasteiger partial charge in [-0.3, -0.25) is 4.79 Å². The number of fused-ring (bicyclic) bond motifs is 1. The molecule has 126 valence electrons. The minimum atomic E-state index is 0. The Labute approximate surface area is 154 Å². The van der Waals surface area contributed by atoms with Crippen molar-refractivity contribution >= 4 is 35.8 Å². The number of carbonyl (C=O) groups excluding carboxylic acids is 1. The minimum Gasteiger partial charge on any atom is -0.370 e. The maximum atomic E-state index is 12.3. The van der Waals surface area contributed by atoms with E-state index >= 15 is 0 Å². The molecule has 3 rings (SSSR count). The van der Waals surface area contributed by atoms with Gasteiger partial charge in [0.2, 0.25) is 5.91 Å². The van der Waals surface area contributed by atoms with Gasteiger partial charge in [0.1, 0.15) is 6.54 Å². The molecule has 2 aliphatic rings. The van der Waals surface area contributed by atoms with Gasteiger partial charge in [0.05, 0.1) is 0 Å². The molecule has 1 heterocycles. The van der Waals surface area contributed by atoms with Gasteiger partial charge in [-0.1, -0.05) is 30.7 Å². The van der Waals surface area contributed by atoms with Gasteiger partial charge in [0.25, 0.3) is 0 Å². The maximum absolute atomic E-state index is 12.3. The highest BCUT2D eigenvalue weighted by atomic mass is 127. The molecule has 1 amide bonds. The number of carbonyl (C=O) groups is 1. The number of nitrogens with zero attached hydrogens (tertiary/aromatic N) is 2. The monoisotopic (exact) mass is 428 g/mol. The summed E-state index contributed by atoms with van der Waals surface area (Å²) < 4.78 is 0. The number of aliphatic imine (C=N–C) groups is 1. The van der Waals surface area contributed by atoms with Crippen molar-refractivity contribution in [3.63, 3.8) is 0 Å². The first-order chi connectivity index (χ1) is 10.7. The van der Waals surface area contributed by atoms with Crippen LogP contribution in [0.5, 0.6) is 0 Å². The first-order valence-corrected chi connectivity index (χ1v) is 8.11. The molecule has 0 unspecified atom stereocenters. The zero-order valence-corrected chi connectivity index (χ0v) is 15.7. The fourth-order valence-electron chi connectivity index (χ4n) is 2.96. The van der Waals surface area contributed by atoms with Crippen molar-refractivity contribution < 1.29 is 4.79 Å². The lowest BCUT2D eigenvalue weighted by Crippen LogP contribution is -2.40. The van der Waals surface area contributed by atoms with Crippen LogP contribution in [-0.4, -0.2) is 36.4 Å². The summed E-state index contributed by atoms with van der Waals surface area (Å²) in [5, 5.41) is 3.12. The zero-order valence-electron chi connectivity index (χ0n) is 13.3. The number of rotatable bonds is 4. The van der Waals surface area contributed by atoms with Crippen LogP contribution in [0.3, 0.4) is 0 Å². The SMILES string of the molecule is I.NC(=NCC(=O)N1CCc2ccccc2C1)NCC1CCC1. The number of nitrogens with two attached hydrogens (primary N) is 1. The number of halogens is 1. The number of amides is 1. The Morgan fingerprint density at radius 3 is 2.74 bits per heavy atom. The second-order valence-electron chi connectivity index (χ2n) is 6.21. The van der Waals surface area contributed by atoms with Crippen molar-refractivity contribution in [2.45, 2.75) is 32.2 Å². The fraction of sp³-hybridized carbons (Fsp3) is 0.529. The van der Waals surface area contributed by atoms with E-state index in [0.717, 1.165) is 25.4 Å². The van der Waals surface area contributed by atoms with Crippen LogP contribution in [0.1, 0.15) is 30.4 Å². The maximum Gasteiger partial charge on any atom is 0.244 e. The average molecular weight is 428 g/mol. The molecule has 1 aliphatic heterocycles. The summed E-state index contributed by atoms with van der Waals surface area (Å²) in [6.07, 6.45) is 4.78. The second-order valence-corrected chi connectivity index (χ2v) is 6.21. The van der Waals surface area contributed by atoms with Crippen LogP contribution in [0.2, 0.25) is 0 Å². The highest BCUT2D eigenvalue weighted by Gasteiger charge is 2.20. The van der Waals surface area contributed by atoms with Gasteiger partial charge in [-0.2, -0.15) is 0 Å². The quantitative estimate of drug-likeness (QED) is 0.437. The standard InChI is InChI=1S/C17H24N4O.HI/c18-17(19-10-13-4-3-5-13)20-11-16(22)21-9-8-14-6-1-2-7-15(14)12-21;/h1-2,6-7,13H,3-5,8-12H2,(H3,18,19,20);1H. The van der Waals surface area contributed by atoms with Crippen LogP contribution in [0.4, 0.5) is 0 Å². The zero-order chi connectivity index (χ0) is 15.4. The lowest BCUT2D eigenvalue weighted by Gasteiger charge is -2.28.